The van der Waals surface area contributed by atoms with Crippen LogP contribution in [0.3, 0.4) is 0 Å². The topological polar surface area (TPSA) is 116 Å². The Morgan fingerprint density at radius 3 is 2.25 bits per heavy atom. The maximum atomic E-state index is 14.1. The van der Waals surface area contributed by atoms with Crippen LogP contribution in [0.2, 0.25) is 5.02 Å². The summed E-state index contributed by atoms with van der Waals surface area (Å²) in [6.07, 6.45) is -5.10. The van der Waals surface area contributed by atoms with Crippen molar-refractivity contribution in [2.45, 2.75) is 31.2 Å². The zero-order valence-corrected chi connectivity index (χ0v) is 21.3. The number of nitrogens with one attached hydrogen (secondary N) is 1. The molecule has 1 aliphatic heterocycles. The van der Waals surface area contributed by atoms with Crippen LogP contribution < -0.4 is 10.1 Å². The molecule has 2 atom stereocenters. The third kappa shape index (κ3) is 7.90. The Bertz CT molecular complexity index is 1370. The Morgan fingerprint density at radius 1 is 1.02 bits per heavy atom. The third-order valence-electron chi connectivity index (χ3n) is 5.92. The monoisotopic (exact) mass is 587 g/mol. The summed E-state index contributed by atoms with van der Waals surface area (Å²) in [7, 11) is 0. The highest BCUT2D eigenvalue weighted by atomic mass is 35.5. The molecule has 0 radical (unpaired) electrons. The molecule has 1 heterocycles. The van der Waals surface area contributed by atoms with Gasteiger partial charge in [0.05, 0.1) is 22.3 Å². The number of hydrogen-bond donors (Lipinski definition) is 4. The highest BCUT2D eigenvalue weighted by Gasteiger charge is 2.38. The van der Waals surface area contributed by atoms with E-state index < -0.39 is 41.4 Å². The Kier molecular flexibility index (Phi) is 10.1. The van der Waals surface area contributed by atoms with Crippen LogP contribution in [0.25, 0.3) is 11.1 Å². The SMILES string of the molecule is O=C(O)C(F)(F)F.O=C(O)c1ccc(-c2ccc3c(c2)CC[C@H](CNCC(O)c2c(F)ccc(Cl)c2F)O3)cc1. The average Bonchev–Trinajstić information content (AvgIpc) is 2.90. The van der Waals surface area contributed by atoms with Gasteiger partial charge in [-0.15, -0.1) is 0 Å². The van der Waals surface area contributed by atoms with Crippen LogP contribution in [0.4, 0.5) is 22.0 Å². The van der Waals surface area contributed by atoms with E-state index >= 15 is 0 Å². The largest absolute Gasteiger partial charge is 0.490 e. The minimum Gasteiger partial charge on any atom is -0.489 e. The summed E-state index contributed by atoms with van der Waals surface area (Å²) >= 11 is 5.69. The molecular weight excluding hydrogens is 565 g/mol. The summed E-state index contributed by atoms with van der Waals surface area (Å²) in [5, 5.41) is 29.1. The van der Waals surface area contributed by atoms with Crippen molar-refractivity contribution in [3.63, 3.8) is 0 Å². The maximum Gasteiger partial charge on any atom is 0.490 e. The van der Waals surface area contributed by atoms with E-state index in [-0.39, 0.29) is 23.2 Å². The lowest BCUT2D eigenvalue weighted by molar-refractivity contribution is -0.192. The van der Waals surface area contributed by atoms with Crippen molar-refractivity contribution < 1.29 is 51.6 Å². The van der Waals surface area contributed by atoms with Crippen molar-refractivity contribution in [1.29, 1.82) is 0 Å². The first kappa shape index (κ1) is 30.8. The fourth-order valence-corrected chi connectivity index (χ4v) is 4.07. The van der Waals surface area contributed by atoms with Crippen LogP contribution in [0, 0.1) is 11.6 Å². The molecule has 0 saturated heterocycles. The number of aliphatic hydroxyl groups excluding tert-OH is 1. The van der Waals surface area contributed by atoms with Crippen molar-refractivity contribution in [3.8, 4) is 16.9 Å². The second-order valence-corrected chi connectivity index (χ2v) is 9.12. The molecule has 0 saturated carbocycles. The first-order chi connectivity index (χ1) is 18.8. The van der Waals surface area contributed by atoms with Crippen molar-refractivity contribution in [3.05, 3.63) is 87.9 Å². The Balaban J connectivity index is 0.000000559. The molecule has 3 aromatic rings. The van der Waals surface area contributed by atoms with Gasteiger partial charge in [0.25, 0.3) is 0 Å². The number of rotatable bonds is 7. The molecule has 7 nitrogen and oxygen atoms in total. The van der Waals surface area contributed by atoms with Gasteiger partial charge in [-0.3, -0.25) is 0 Å². The Hall–Kier alpha value is -3.74. The summed E-state index contributed by atoms with van der Waals surface area (Å²) in [6.45, 7) is 0.352. The van der Waals surface area contributed by atoms with Crippen molar-refractivity contribution in [1.82, 2.24) is 5.32 Å². The molecule has 0 aromatic heterocycles. The number of carboxylic acid groups (broad SMARTS) is 2. The fraction of sp³-hybridized carbons (Fsp3) is 0.259. The van der Waals surface area contributed by atoms with E-state index in [1.165, 1.54) is 0 Å². The van der Waals surface area contributed by atoms with Gasteiger partial charge in [0, 0.05) is 13.1 Å². The molecule has 0 aliphatic carbocycles. The van der Waals surface area contributed by atoms with Gasteiger partial charge in [0.1, 0.15) is 17.7 Å². The van der Waals surface area contributed by atoms with E-state index in [1.807, 2.05) is 18.2 Å². The van der Waals surface area contributed by atoms with E-state index in [4.69, 9.17) is 31.3 Å². The number of aliphatic carboxylic acids is 1. The number of aliphatic hydroxyl groups is 1. The van der Waals surface area contributed by atoms with Crippen LogP contribution in [0.15, 0.2) is 54.6 Å². The number of aryl methyl sites for hydroxylation is 1. The molecule has 1 aliphatic rings. The predicted molar refractivity (Wildman–Crippen MR) is 134 cm³/mol. The molecule has 0 amide bonds. The Labute approximate surface area is 229 Å². The molecular formula is C27H23ClF5NO6. The lowest BCUT2D eigenvalue weighted by Crippen LogP contribution is -2.36. The lowest BCUT2D eigenvalue weighted by Gasteiger charge is -2.27. The van der Waals surface area contributed by atoms with Crippen LogP contribution in [0.1, 0.15) is 34.0 Å². The summed E-state index contributed by atoms with van der Waals surface area (Å²) in [4.78, 5) is 19.9. The van der Waals surface area contributed by atoms with Crippen LogP contribution in [-0.4, -0.2) is 52.6 Å². The minimum atomic E-state index is -5.08. The van der Waals surface area contributed by atoms with Gasteiger partial charge >= 0.3 is 18.1 Å². The van der Waals surface area contributed by atoms with Crippen LogP contribution >= 0.6 is 11.6 Å². The fourth-order valence-electron chi connectivity index (χ4n) is 3.90. The molecule has 40 heavy (non-hydrogen) atoms. The number of ether oxygens (including phenoxy) is 1. The summed E-state index contributed by atoms with van der Waals surface area (Å²) in [5.74, 6) is -4.76. The average molecular weight is 588 g/mol. The summed E-state index contributed by atoms with van der Waals surface area (Å²) < 4.78 is 65.7. The zero-order chi connectivity index (χ0) is 29.6. The second kappa shape index (κ2) is 13.1. The number of halogens is 6. The number of fused-ring (bicyclic) bond motifs is 1. The highest BCUT2D eigenvalue weighted by molar-refractivity contribution is 6.30. The second-order valence-electron chi connectivity index (χ2n) is 8.72. The molecule has 1 unspecified atom stereocenters. The van der Waals surface area contributed by atoms with Gasteiger partial charge in [0.2, 0.25) is 0 Å². The first-order valence-corrected chi connectivity index (χ1v) is 12.1. The molecule has 3 aromatic carbocycles. The van der Waals surface area contributed by atoms with Gasteiger partial charge in [-0.25, -0.2) is 18.4 Å². The van der Waals surface area contributed by atoms with Gasteiger partial charge in [-0.2, -0.15) is 13.2 Å². The molecule has 0 spiro atoms. The summed E-state index contributed by atoms with van der Waals surface area (Å²) in [6, 6.07) is 14.7. The third-order valence-corrected chi connectivity index (χ3v) is 6.21. The Morgan fingerprint density at radius 2 is 1.65 bits per heavy atom. The molecule has 214 valence electrons. The summed E-state index contributed by atoms with van der Waals surface area (Å²) in [5.41, 5.74) is 2.73. The van der Waals surface area contributed by atoms with Crippen molar-refractivity contribution in [2.24, 2.45) is 0 Å². The molecule has 13 heteroatoms. The molecule has 0 bridgehead atoms. The first-order valence-electron chi connectivity index (χ1n) is 11.7. The van der Waals surface area contributed by atoms with Gasteiger partial charge in [0.15, 0.2) is 5.82 Å². The predicted octanol–water partition coefficient (Wildman–Crippen LogP) is 5.63. The van der Waals surface area contributed by atoms with E-state index in [0.717, 1.165) is 47.4 Å². The van der Waals surface area contributed by atoms with Gasteiger partial charge in [-0.05, 0) is 65.9 Å². The minimum absolute atomic E-state index is 0.0494. The van der Waals surface area contributed by atoms with Gasteiger partial charge in [-0.1, -0.05) is 29.8 Å². The number of aromatic carboxylic acids is 1. The molecule has 0 fully saturated rings. The van der Waals surface area contributed by atoms with Crippen LogP contribution in [-0.2, 0) is 11.2 Å². The maximum absolute atomic E-state index is 14.1. The number of benzene rings is 3. The van der Waals surface area contributed by atoms with E-state index in [1.54, 1.807) is 24.3 Å². The molecule has 4 rings (SSSR count). The van der Waals surface area contributed by atoms with Crippen molar-refractivity contribution in [2.75, 3.05) is 13.1 Å². The van der Waals surface area contributed by atoms with Crippen molar-refractivity contribution >= 4 is 23.5 Å². The molecule has 4 N–H and O–H groups in total. The van der Waals surface area contributed by atoms with Gasteiger partial charge < -0.3 is 25.4 Å². The number of carboxylic acids is 2. The van der Waals surface area contributed by atoms with E-state index in [2.05, 4.69) is 5.32 Å². The smallest absolute Gasteiger partial charge is 0.489 e. The quantitative estimate of drug-likeness (QED) is 0.209. The normalized spacial score (nSPS) is 15.2. The standard InChI is InChI=1S/C25H22ClF2NO4.C2HF3O2/c26-19-8-9-20(27)23(24(19)28)21(30)13-29-12-18-7-5-17-11-16(6-10-22(17)33-18)14-1-3-15(4-2-14)25(31)32;3-2(4,5)1(6)7/h1-4,6,8-11,18,21,29-30H,5,7,12-13H2,(H,31,32);(H,6,7)/t18-,21?;/m1./s1. The number of carbonyl (C=O) groups is 2. The zero-order valence-electron chi connectivity index (χ0n) is 20.5. The highest BCUT2D eigenvalue weighted by Crippen LogP contribution is 2.32. The van der Waals surface area contributed by atoms with E-state index in [9.17, 15) is 31.9 Å². The number of hydrogen-bond acceptors (Lipinski definition) is 5. The van der Waals surface area contributed by atoms with E-state index in [0.29, 0.717) is 6.54 Å². The van der Waals surface area contributed by atoms with Crippen LogP contribution in [0.5, 0.6) is 5.75 Å². The lowest BCUT2D eigenvalue weighted by atomic mass is 9.96. The number of alkyl halides is 3.